The lowest BCUT2D eigenvalue weighted by atomic mass is 10.0. The van der Waals surface area contributed by atoms with Crippen LogP contribution in [0.25, 0.3) is 0 Å². The molecule has 0 aliphatic heterocycles. The first kappa shape index (κ1) is 10.7. The van der Waals surface area contributed by atoms with E-state index in [-0.39, 0.29) is 0 Å². The smallest absolute Gasteiger partial charge is 0.0903 e. The van der Waals surface area contributed by atoms with Gasteiger partial charge in [-0.05, 0) is 13.8 Å². The maximum Gasteiger partial charge on any atom is 0.0903 e. The van der Waals surface area contributed by atoms with Crippen LogP contribution in [0.1, 0.15) is 13.8 Å². The molecule has 0 aliphatic rings. The SMILES string of the molecule is C=CC(=C/OC)/C(=C\C)C(C)=N. The molecule has 0 amide bonds. The van der Waals surface area contributed by atoms with Crippen LogP contribution < -0.4 is 0 Å². The highest BCUT2D eigenvalue weighted by Gasteiger charge is 2.02. The lowest BCUT2D eigenvalue weighted by molar-refractivity contribution is 0.336. The predicted octanol–water partition coefficient (Wildman–Crippen LogP) is 2.69. The van der Waals surface area contributed by atoms with Gasteiger partial charge in [0.25, 0.3) is 0 Å². The molecule has 0 aromatic heterocycles. The molecule has 2 nitrogen and oxygen atoms in total. The minimum Gasteiger partial charge on any atom is -0.504 e. The van der Waals surface area contributed by atoms with Gasteiger partial charge in [0.15, 0.2) is 0 Å². The lowest BCUT2D eigenvalue weighted by Gasteiger charge is -2.04. The average Bonchev–Trinajstić information content (AvgIpc) is 2.03. The van der Waals surface area contributed by atoms with Crippen molar-refractivity contribution in [3.05, 3.63) is 36.1 Å². The summed E-state index contributed by atoms with van der Waals surface area (Å²) in [6.45, 7) is 7.27. The molecule has 0 heterocycles. The Morgan fingerprint density at radius 2 is 2.08 bits per heavy atom. The second-order valence-corrected chi connectivity index (χ2v) is 2.34. The van der Waals surface area contributed by atoms with Gasteiger partial charge in [-0.15, -0.1) is 0 Å². The molecule has 0 saturated carbocycles. The molecule has 0 rings (SSSR count). The van der Waals surface area contributed by atoms with Crippen LogP contribution in [-0.2, 0) is 4.74 Å². The van der Waals surface area contributed by atoms with Crippen molar-refractivity contribution in [1.82, 2.24) is 0 Å². The first-order valence-corrected chi connectivity index (χ1v) is 3.75. The molecular weight excluding hydrogens is 150 g/mol. The molecule has 0 spiro atoms. The number of methoxy groups -OCH3 is 1. The van der Waals surface area contributed by atoms with E-state index in [1.165, 1.54) is 0 Å². The molecule has 0 unspecified atom stereocenters. The van der Waals surface area contributed by atoms with Crippen molar-refractivity contribution < 1.29 is 4.74 Å². The summed E-state index contributed by atoms with van der Waals surface area (Å²) in [5.41, 5.74) is 2.21. The van der Waals surface area contributed by atoms with Crippen molar-refractivity contribution in [1.29, 1.82) is 5.41 Å². The largest absolute Gasteiger partial charge is 0.504 e. The van der Waals surface area contributed by atoms with Crippen molar-refractivity contribution in [2.75, 3.05) is 7.11 Å². The monoisotopic (exact) mass is 165 g/mol. The highest BCUT2D eigenvalue weighted by Crippen LogP contribution is 2.12. The van der Waals surface area contributed by atoms with Gasteiger partial charge in [-0.3, -0.25) is 0 Å². The van der Waals surface area contributed by atoms with E-state index < -0.39 is 0 Å². The Balaban J connectivity index is 4.82. The zero-order chi connectivity index (χ0) is 9.56. The first-order valence-electron chi connectivity index (χ1n) is 3.75. The number of ether oxygens (including phenoxy) is 1. The Hall–Kier alpha value is -1.31. The fourth-order valence-electron chi connectivity index (χ4n) is 0.948. The fourth-order valence-corrected chi connectivity index (χ4v) is 0.948. The van der Waals surface area contributed by atoms with Crippen molar-refractivity contribution in [2.24, 2.45) is 0 Å². The summed E-state index contributed by atoms with van der Waals surface area (Å²) in [4.78, 5) is 0. The van der Waals surface area contributed by atoms with Crippen molar-refractivity contribution >= 4 is 5.71 Å². The summed E-state index contributed by atoms with van der Waals surface area (Å²) < 4.78 is 4.86. The Labute approximate surface area is 73.8 Å². The third kappa shape index (κ3) is 2.74. The van der Waals surface area contributed by atoms with Crippen molar-refractivity contribution in [2.45, 2.75) is 13.8 Å². The molecule has 0 aromatic carbocycles. The molecule has 12 heavy (non-hydrogen) atoms. The highest BCUT2D eigenvalue weighted by atomic mass is 16.5. The standard InChI is InChI=1S/C10H15NO/c1-5-9(7-12-4)10(6-2)8(3)11/h5-7,11H,1H2,2-4H3/b9-7-,10-6-,11-8?. The molecule has 1 N–H and O–H groups in total. The minimum absolute atomic E-state index is 0.515. The molecule has 66 valence electrons. The topological polar surface area (TPSA) is 33.1 Å². The van der Waals surface area contributed by atoms with E-state index in [0.717, 1.165) is 11.1 Å². The van der Waals surface area contributed by atoms with Crippen LogP contribution in [-0.4, -0.2) is 12.8 Å². The van der Waals surface area contributed by atoms with Gasteiger partial charge in [0.1, 0.15) is 0 Å². The van der Waals surface area contributed by atoms with E-state index in [4.69, 9.17) is 10.1 Å². The fraction of sp³-hybridized carbons (Fsp3) is 0.300. The zero-order valence-electron chi connectivity index (χ0n) is 7.85. The van der Waals surface area contributed by atoms with Gasteiger partial charge in [0, 0.05) is 16.9 Å². The normalized spacial score (nSPS) is 12.6. The van der Waals surface area contributed by atoms with Crippen LogP contribution in [0, 0.1) is 5.41 Å². The second-order valence-electron chi connectivity index (χ2n) is 2.34. The van der Waals surface area contributed by atoms with Crippen LogP contribution in [0.3, 0.4) is 0 Å². The molecule has 0 saturated heterocycles. The molecule has 0 aliphatic carbocycles. The van der Waals surface area contributed by atoms with Crippen LogP contribution in [0.5, 0.6) is 0 Å². The highest BCUT2D eigenvalue weighted by molar-refractivity contribution is 6.00. The van der Waals surface area contributed by atoms with Gasteiger partial charge < -0.3 is 10.1 Å². The number of hydrogen-bond donors (Lipinski definition) is 1. The molecule has 0 fully saturated rings. The maximum absolute atomic E-state index is 7.45. The van der Waals surface area contributed by atoms with Gasteiger partial charge in [-0.1, -0.05) is 18.7 Å². The second kappa shape index (κ2) is 5.35. The van der Waals surface area contributed by atoms with E-state index >= 15 is 0 Å². The van der Waals surface area contributed by atoms with E-state index in [9.17, 15) is 0 Å². The molecule has 0 radical (unpaired) electrons. The third-order valence-corrected chi connectivity index (χ3v) is 1.47. The Morgan fingerprint density at radius 3 is 2.33 bits per heavy atom. The van der Waals surface area contributed by atoms with Crippen molar-refractivity contribution in [3.8, 4) is 0 Å². The number of hydrogen-bond acceptors (Lipinski definition) is 2. The Bertz CT molecular complexity index is 236. The summed E-state index contributed by atoms with van der Waals surface area (Å²) in [5.74, 6) is 0. The summed E-state index contributed by atoms with van der Waals surface area (Å²) in [6, 6.07) is 0. The summed E-state index contributed by atoms with van der Waals surface area (Å²) >= 11 is 0. The number of allylic oxidation sites excluding steroid dienone is 4. The molecule has 0 bridgehead atoms. The van der Waals surface area contributed by atoms with Crippen LogP contribution >= 0.6 is 0 Å². The van der Waals surface area contributed by atoms with Gasteiger partial charge in [0.2, 0.25) is 0 Å². The Morgan fingerprint density at radius 1 is 1.50 bits per heavy atom. The lowest BCUT2D eigenvalue weighted by Crippen LogP contribution is -1.97. The van der Waals surface area contributed by atoms with Gasteiger partial charge in [0.05, 0.1) is 13.4 Å². The molecular formula is C10H15NO. The molecule has 0 aromatic rings. The molecule has 2 heteroatoms. The van der Waals surface area contributed by atoms with E-state index in [0.29, 0.717) is 5.71 Å². The van der Waals surface area contributed by atoms with Gasteiger partial charge in [-0.2, -0.15) is 0 Å². The van der Waals surface area contributed by atoms with Gasteiger partial charge >= 0.3 is 0 Å². The van der Waals surface area contributed by atoms with Gasteiger partial charge in [-0.25, -0.2) is 0 Å². The third-order valence-electron chi connectivity index (χ3n) is 1.47. The zero-order valence-corrected chi connectivity index (χ0v) is 7.85. The predicted molar refractivity (Wildman–Crippen MR) is 52.4 cm³/mol. The van der Waals surface area contributed by atoms with Crippen molar-refractivity contribution in [3.63, 3.8) is 0 Å². The summed E-state index contributed by atoms with van der Waals surface area (Å²) in [5, 5.41) is 7.45. The summed E-state index contributed by atoms with van der Waals surface area (Å²) in [7, 11) is 1.58. The summed E-state index contributed by atoms with van der Waals surface area (Å²) in [6.07, 6.45) is 5.13. The minimum atomic E-state index is 0.515. The van der Waals surface area contributed by atoms with Crippen LogP contribution in [0.4, 0.5) is 0 Å². The number of nitrogens with one attached hydrogen (secondary N) is 1. The number of rotatable bonds is 4. The first-order chi connectivity index (χ1) is 5.67. The van der Waals surface area contributed by atoms with E-state index in [2.05, 4.69) is 6.58 Å². The maximum atomic E-state index is 7.45. The Kier molecular flexibility index (Phi) is 4.77. The van der Waals surface area contributed by atoms with E-state index in [1.807, 2.05) is 13.0 Å². The van der Waals surface area contributed by atoms with E-state index in [1.54, 1.807) is 26.4 Å². The van der Waals surface area contributed by atoms with Crippen LogP contribution in [0.2, 0.25) is 0 Å². The molecule has 0 atom stereocenters. The quantitative estimate of drug-likeness (QED) is 0.388. The average molecular weight is 165 g/mol. The van der Waals surface area contributed by atoms with Crippen LogP contribution in [0.15, 0.2) is 36.1 Å².